The minimum Gasteiger partial charge on any atom is -0.469 e. The van der Waals surface area contributed by atoms with Gasteiger partial charge < -0.3 is 20.1 Å². The van der Waals surface area contributed by atoms with Crippen molar-refractivity contribution in [3.05, 3.63) is 0 Å². The van der Waals surface area contributed by atoms with E-state index in [2.05, 4.69) is 15.4 Å². The standard InChI is InChI=1S/C15H28N2O4/c1-15(2,3)21-14(19)17-12-7-5-11(6-8-12)16-10-9-13(18)20-4/h11-12,16H,5-10H2,1-4H3,(H,17,19). The minimum absolute atomic E-state index is 0.179. The predicted octanol–water partition coefficient (Wildman–Crippen LogP) is 1.97. The molecule has 1 saturated carbocycles. The van der Waals surface area contributed by atoms with Gasteiger partial charge in [-0.05, 0) is 46.5 Å². The number of esters is 1. The van der Waals surface area contributed by atoms with Crippen LogP contribution in [0.2, 0.25) is 0 Å². The summed E-state index contributed by atoms with van der Waals surface area (Å²) >= 11 is 0. The van der Waals surface area contributed by atoms with Crippen LogP contribution in [-0.2, 0) is 14.3 Å². The van der Waals surface area contributed by atoms with E-state index in [0.717, 1.165) is 25.7 Å². The van der Waals surface area contributed by atoms with Crippen molar-refractivity contribution in [1.82, 2.24) is 10.6 Å². The molecule has 1 fully saturated rings. The first-order valence-electron chi connectivity index (χ1n) is 7.60. The summed E-state index contributed by atoms with van der Waals surface area (Å²) in [6, 6.07) is 0.588. The zero-order chi connectivity index (χ0) is 15.9. The third-order valence-corrected chi connectivity index (χ3v) is 3.44. The van der Waals surface area contributed by atoms with Crippen LogP contribution in [0, 0.1) is 0 Å². The highest BCUT2D eigenvalue weighted by atomic mass is 16.6. The number of hydrogen-bond donors (Lipinski definition) is 2. The maximum Gasteiger partial charge on any atom is 0.407 e. The fraction of sp³-hybridized carbons (Fsp3) is 0.867. The summed E-state index contributed by atoms with van der Waals surface area (Å²) in [5.74, 6) is -0.192. The normalized spacial score (nSPS) is 22.5. The lowest BCUT2D eigenvalue weighted by atomic mass is 9.91. The molecule has 0 aromatic heterocycles. The first-order valence-corrected chi connectivity index (χ1v) is 7.60. The molecule has 21 heavy (non-hydrogen) atoms. The number of carbonyl (C=O) groups is 2. The summed E-state index contributed by atoms with van der Waals surface area (Å²) in [7, 11) is 1.40. The number of ether oxygens (including phenoxy) is 2. The molecule has 0 aromatic rings. The van der Waals surface area contributed by atoms with Gasteiger partial charge in [0.15, 0.2) is 0 Å². The van der Waals surface area contributed by atoms with Crippen molar-refractivity contribution in [3.63, 3.8) is 0 Å². The van der Waals surface area contributed by atoms with E-state index in [4.69, 9.17) is 4.74 Å². The molecule has 0 bridgehead atoms. The molecule has 0 radical (unpaired) electrons. The highest BCUT2D eigenvalue weighted by Gasteiger charge is 2.24. The van der Waals surface area contributed by atoms with Crippen molar-refractivity contribution < 1.29 is 19.1 Å². The van der Waals surface area contributed by atoms with E-state index in [1.54, 1.807) is 0 Å². The van der Waals surface area contributed by atoms with Gasteiger partial charge in [-0.1, -0.05) is 0 Å². The van der Waals surface area contributed by atoms with Crippen LogP contribution in [0.4, 0.5) is 4.79 Å². The lowest BCUT2D eigenvalue weighted by molar-refractivity contribution is -0.140. The van der Waals surface area contributed by atoms with Gasteiger partial charge in [-0.3, -0.25) is 4.79 Å². The largest absolute Gasteiger partial charge is 0.469 e. The Morgan fingerprint density at radius 2 is 1.67 bits per heavy atom. The van der Waals surface area contributed by atoms with Gasteiger partial charge in [0.2, 0.25) is 0 Å². The van der Waals surface area contributed by atoms with Gasteiger partial charge in [0.05, 0.1) is 13.5 Å². The number of nitrogens with one attached hydrogen (secondary N) is 2. The molecule has 0 atom stereocenters. The second-order valence-corrected chi connectivity index (χ2v) is 6.48. The lowest BCUT2D eigenvalue weighted by Gasteiger charge is -2.30. The van der Waals surface area contributed by atoms with Crippen LogP contribution in [0.25, 0.3) is 0 Å². The molecule has 1 aliphatic rings. The second kappa shape index (κ2) is 8.22. The molecule has 0 spiro atoms. The monoisotopic (exact) mass is 300 g/mol. The third-order valence-electron chi connectivity index (χ3n) is 3.44. The Kier molecular flexibility index (Phi) is 6.95. The van der Waals surface area contributed by atoms with Gasteiger partial charge >= 0.3 is 12.1 Å². The molecular formula is C15H28N2O4. The van der Waals surface area contributed by atoms with Crippen LogP contribution in [0.3, 0.4) is 0 Å². The van der Waals surface area contributed by atoms with Gasteiger partial charge in [-0.15, -0.1) is 0 Å². The van der Waals surface area contributed by atoms with Gasteiger partial charge in [0.1, 0.15) is 5.60 Å². The van der Waals surface area contributed by atoms with E-state index in [9.17, 15) is 9.59 Å². The first-order chi connectivity index (χ1) is 9.80. The van der Waals surface area contributed by atoms with E-state index in [-0.39, 0.29) is 18.1 Å². The van der Waals surface area contributed by atoms with Crippen molar-refractivity contribution in [2.75, 3.05) is 13.7 Å². The Bertz CT molecular complexity index is 344. The highest BCUT2D eigenvalue weighted by Crippen LogP contribution is 2.19. The summed E-state index contributed by atoms with van der Waals surface area (Å²) < 4.78 is 9.85. The van der Waals surface area contributed by atoms with Crippen molar-refractivity contribution >= 4 is 12.1 Å². The number of alkyl carbamates (subject to hydrolysis) is 1. The summed E-state index contributed by atoms with van der Waals surface area (Å²) in [6.07, 6.45) is 3.88. The molecule has 0 aliphatic heterocycles. The molecule has 0 unspecified atom stereocenters. The molecule has 122 valence electrons. The van der Waals surface area contributed by atoms with Crippen molar-refractivity contribution in [2.24, 2.45) is 0 Å². The minimum atomic E-state index is -0.462. The van der Waals surface area contributed by atoms with E-state index in [1.165, 1.54) is 7.11 Å². The molecule has 6 nitrogen and oxygen atoms in total. The van der Waals surface area contributed by atoms with Gasteiger partial charge in [-0.2, -0.15) is 0 Å². The van der Waals surface area contributed by atoms with E-state index in [0.29, 0.717) is 19.0 Å². The first kappa shape index (κ1) is 17.8. The number of rotatable bonds is 5. The van der Waals surface area contributed by atoms with Crippen LogP contribution in [0.15, 0.2) is 0 Å². The quantitative estimate of drug-likeness (QED) is 0.759. The van der Waals surface area contributed by atoms with Crippen LogP contribution in [0.5, 0.6) is 0 Å². The van der Waals surface area contributed by atoms with Gasteiger partial charge in [-0.25, -0.2) is 4.79 Å². The maximum atomic E-state index is 11.7. The number of amides is 1. The maximum absolute atomic E-state index is 11.7. The molecule has 2 N–H and O–H groups in total. The Morgan fingerprint density at radius 3 is 2.19 bits per heavy atom. The fourth-order valence-electron chi connectivity index (χ4n) is 2.40. The molecule has 1 aliphatic carbocycles. The average Bonchev–Trinajstić information content (AvgIpc) is 2.38. The zero-order valence-electron chi connectivity index (χ0n) is 13.5. The fourth-order valence-corrected chi connectivity index (χ4v) is 2.40. The molecule has 0 heterocycles. The van der Waals surface area contributed by atoms with Crippen LogP contribution < -0.4 is 10.6 Å². The van der Waals surface area contributed by atoms with Crippen molar-refractivity contribution in [3.8, 4) is 0 Å². The summed E-state index contributed by atoms with van der Waals surface area (Å²) in [4.78, 5) is 22.7. The molecular weight excluding hydrogens is 272 g/mol. The molecule has 0 aromatic carbocycles. The predicted molar refractivity (Wildman–Crippen MR) is 80.0 cm³/mol. The number of carbonyl (C=O) groups excluding carboxylic acids is 2. The van der Waals surface area contributed by atoms with Crippen LogP contribution in [0.1, 0.15) is 52.9 Å². The Labute approximate surface area is 126 Å². The van der Waals surface area contributed by atoms with Crippen LogP contribution in [-0.4, -0.2) is 43.4 Å². The highest BCUT2D eigenvalue weighted by molar-refractivity contribution is 5.69. The van der Waals surface area contributed by atoms with Crippen LogP contribution >= 0.6 is 0 Å². The third kappa shape index (κ3) is 7.90. The average molecular weight is 300 g/mol. The zero-order valence-corrected chi connectivity index (χ0v) is 13.5. The number of hydrogen-bond acceptors (Lipinski definition) is 5. The SMILES string of the molecule is COC(=O)CCNC1CCC(NC(=O)OC(C)(C)C)CC1. The smallest absolute Gasteiger partial charge is 0.407 e. The van der Waals surface area contributed by atoms with E-state index in [1.807, 2.05) is 20.8 Å². The summed E-state index contributed by atoms with van der Waals surface area (Å²) in [6.45, 7) is 6.21. The Morgan fingerprint density at radius 1 is 1.10 bits per heavy atom. The molecule has 0 saturated heterocycles. The topological polar surface area (TPSA) is 76.7 Å². The Balaban J connectivity index is 2.17. The van der Waals surface area contributed by atoms with E-state index >= 15 is 0 Å². The van der Waals surface area contributed by atoms with Gasteiger partial charge in [0, 0.05) is 18.6 Å². The summed E-state index contributed by atoms with van der Waals surface area (Å²) in [5.41, 5.74) is -0.462. The van der Waals surface area contributed by atoms with Crippen molar-refractivity contribution in [2.45, 2.75) is 70.6 Å². The molecule has 1 amide bonds. The summed E-state index contributed by atoms with van der Waals surface area (Å²) in [5, 5.41) is 6.27. The molecule has 1 rings (SSSR count). The Hall–Kier alpha value is -1.30. The molecule has 6 heteroatoms. The lowest BCUT2D eigenvalue weighted by Crippen LogP contribution is -2.44. The van der Waals surface area contributed by atoms with Crippen molar-refractivity contribution in [1.29, 1.82) is 0 Å². The number of methoxy groups -OCH3 is 1. The second-order valence-electron chi connectivity index (χ2n) is 6.48. The van der Waals surface area contributed by atoms with E-state index < -0.39 is 5.60 Å². The van der Waals surface area contributed by atoms with Gasteiger partial charge in [0.25, 0.3) is 0 Å².